The van der Waals surface area contributed by atoms with Crippen LogP contribution in [0.5, 0.6) is 0 Å². The van der Waals surface area contributed by atoms with Crippen molar-refractivity contribution in [2.75, 3.05) is 0 Å². The summed E-state index contributed by atoms with van der Waals surface area (Å²) in [5, 5.41) is 0. The highest BCUT2D eigenvalue weighted by Gasteiger charge is 2.35. The van der Waals surface area contributed by atoms with E-state index in [1.165, 1.54) is 31.4 Å². The highest BCUT2D eigenvalue weighted by atomic mass is 32.2. The van der Waals surface area contributed by atoms with Crippen molar-refractivity contribution in [1.82, 2.24) is 0 Å². The number of hydrogen-bond donors (Lipinski definition) is 0. The smallest absolute Gasteiger partial charge is 0.0619 e. The summed E-state index contributed by atoms with van der Waals surface area (Å²) in [6, 6.07) is 27.0. The maximum absolute atomic E-state index is 2.47. The van der Waals surface area contributed by atoms with Crippen molar-refractivity contribution in [3.05, 3.63) is 89.5 Å². The minimum Gasteiger partial charge on any atom is -0.0619 e. The van der Waals surface area contributed by atoms with Crippen LogP contribution in [0.15, 0.2) is 87.5 Å². The molecule has 0 radical (unpaired) electrons. The molecule has 1 heteroatoms. The highest BCUT2D eigenvalue weighted by molar-refractivity contribution is 7.97. The predicted molar refractivity (Wildman–Crippen MR) is 124 cm³/mol. The number of hydrogen-bond acceptors (Lipinski definition) is 0. The standard InChI is InChI=1S/C27H33S/c1-19(2)22-17-25(20(3)4)27(26(18-22)21(5)6)28(23-13-9-7-10-14-23)24-15-11-8-12-16-24/h7-21H,1-6H3/q+1. The van der Waals surface area contributed by atoms with Crippen LogP contribution in [0, 0.1) is 0 Å². The first kappa shape index (κ1) is 20.7. The largest absolute Gasteiger partial charge is 0.173 e. The van der Waals surface area contributed by atoms with Crippen molar-refractivity contribution in [1.29, 1.82) is 0 Å². The third-order valence-electron chi connectivity index (χ3n) is 5.24. The van der Waals surface area contributed by atoms with Gasteiger partial charge in [0.05, 0.1) is 10.9 Å². The molecule has 3 aromatic rings. The van der Waals surface area contributed by atoms with Crippen LogP contribution in [-0.2, 0) is 10.9 Å². The molecular formula is C27H33S+. The molecule has 0 spiro atoms. The Bertz CT molecular complexity index is 824. The summed E-state index contributed by atoms with van der Waals surface area (Å²) in [5.74, 6) is 1.53. The molecule has 146 valence electrons. The van der Waals surface area contributed by atoms with E-state index in [4.69, 9.17) is 0 Å². The van der Waals surface area contributed by atoms with Gasteiger partial charge >= 0.3 is 0 Å². The van der Waals surface area contributed by atoms with Crippen LogP contribution in [0.3, 0.4) is 0 Å². The van der Waals surface area contributed by atoms with Crippen molar-refractivity contribution >= 4 is 10.9 Å². The zero-order valence-electron chi connectivity index (χ0n) is 18.1. The summed E-state index contributed by atoms with van der Waals surface area (Å²) in [6.45, 7) is 14.0. The first-order valence-corrected chi connectivity index (χ1v) is 11.6. The lowest BCUT2D eigenvalue weighted by molar-refractivity contribution is 0.770. The van der Waals surface area contributed by atoms with Crippen LogP contribution in [0.2, 0.25) is 0 Å². The van der Waals surface area contributed by atoms with E-state index in [2.05, 4.69) is 114 Å². The Labute approximate surface area is 174 Å². The third-order valence-corrected chi connectivity index (χ3v) is 7.61. The van der Waals surface area contributed by atoms with E-state index in [1.807, 2.05) is 0 Å². The fraction of sp³-hybridized carbons (Fsp3) is 0.333. The van der Waals surface area contributed by atoms with Gasteiger partial charge in [-0.25, -0.2) is 0 Å². The quantitative estimate of drug-likeness (QED) is 0.373. The Morgan fingerprint density at radius 2 is 0.929 bits per heavy atom. The van der Waals surface area contributed by atoms with Crippen LogP contribution in [0.1, 0.15) is 76.0 Å². The Morgan fingerprint density at radius 1 is 0.536 bits per heavy atom. The molecule has 0 unspecified atom stereocenters. The molecule has 0 aliphatic rings. The molecule has 0 N–H and O–H groups in total. The van der Waals surface area contributed by atoms with Crippen LogP contribution >= 0.6 is 0 Å². The molecule has 0 amide bonds. The Balaban J connectivity index is 2.36. The molecule has 0 aliphatic carbocycles. The maximum Gasteiger partial charge on any atom is 0.173 e. The topological polar surface area (TPSA) is 0 Å². The van der Waals surface area contributed by atoms with Gasteiger partial charge in [-0.3, -0.25) is 0 Å². The summed E-state index contributed by atoms with van der Waals surface area (Å²) in [4.78, 5) is 4.33. The molecule has 0 aliphatic heterocycles. The molecule has 0 atom stereocenters. The minimum absolute atomic E-state index is 0.100. The molecule has 0 nitrogen and oxygen atoms in total. The zero-order valence-corrected chi connectivity index (χ0v) is 18.9. The van der Waals surface area contributed by atoms with E-state index in [9.17, 15) is 0 Å². The summed E-state index contributed by atoms with van der Waals surface area (Å²) in [6.07, 6.45) is 0. The second kappa shape index (κ2) is 9.01. The van der Waals surface area contributed by atoms with Gasteiger partial charge in [-0.1, -0.05) is 90.1 Å². The van der Waals surface area contributed by atoms with E-state index in [0.29, 0.717) is 17.8 Å². The van der Waals surface area contributed by atoms with Gasteiger partial charge in [0.2, 0.25) is 0 Å². The monoisotopic (exact) mass is 389 g/mol. The Morgan fingerprint density at radius 3 is 1.25 bits per heavy atom. The maximum atomic E-state index is 2.47. The molecule has 0 bridgehead atoms. The van der Waals surface area contributed by atoms with Crippen molar-refractivity contribution in [2.24, 2.45) is 0 Å². The summed E-state index contributed by atoms with van der Waals surface area (Å²) in [7, 11) is -0.100. The van der Waals surface area contributed by atoms with Crippen LogP contribution in [0.4, 0.5) is 0 Å². The fourth-order valence-corrected chi connectivity index (χ4v) is 6.27. The normalized spacial score (nSPS) is 11.8. The summed E-state index contributed by atoms with van der Waals surface area (Å²) >= 11 is 0. The van der Waals surface area contributed by atoms with Gasteiger partial charge in [0, 0.05) is 11.1 Å². The number of rotatable bonds is 6. The molecule has 0 saturated heterocycles. The SMILES string of the molecule is CC(C)c1cc(C(C)C)c([S+](c2ccccc2)c2ccccc2)c(C(C)C)c1. The average molecular weight is 390 g/mol. The Kier molecular flexibility index (Phi) is 6.67. The van der Waals surface area contributed by atoms with Crippen molar-refractivity contribution < 1.29 is 0 Å². The second-order valence-corrected chi connectivity index (χ2v) is 10.4. The van der Waals surface area contributed by atoms with Crippen LogP contribution in [0.25, 0.3) is 0 Å². The minimum atomic E-state index is -0.100. The lowest BCUT2D eigenvalue weighted by atomic mass is 9.89. The molecular weight excluding hydrogens is 356 g/mol. The molecule has 0 saturated carbocycles. The lowest BCUT2D eigenvalue weighted by Crippen LogP contribution is -2.14. The zero-order chi connectivity index (χ0) is 20.3. The van der Waals surface area contributed by atoms with Gasteiger partial charge in [-0.2, -0.15) is 0 Å². The average Bonchev–Trinajstić information content (AvgIpc) is 2.69. The van der Waals surface area contributed by atoms with E-state index >= 15 is 0 Å². The molecule has 0 fully saturated rings. The molecule has 28 heavy (non-hydrogen) atoms. The van der Waals surface area contributed by atoms with Crippen molar-refractivity contribution in [2.45, 2.75) is 74.0 Å². The van der Waals surface area contributed by atoms with Crippen molar-refractivity contribution in [3.8, 4) is 0 Å². The van der Waals surface area contributed by atoms with Gasteiger partial charge in [-0.15, -0.1) is 0 Å². The second-order valence-electron chi connectivity index (χ2n) is 8.42. The van der Waals surface area contributed by atoms with E-state index < -0.39 is 0 Å². The highest BCUT2D eigenvalue weighted by Crippen LogP contribution is 2.41. The molecule has 0 aromatic heterocycles. The summed E-state index contributed by atoms with van der Waals surface area (Å²) < 4.78 is 0. The van der Waals surface area contributed by atoms with Gasteiger partial charge in [0.25, 0.3) is 0 Å². The van der Waals surface area contributed by atoms with Crippen LogP contribution in [-0.4, -0.2) is 0 Å². The van der Waals surface area contributed by atoms with E-state index in [1.54, 1.807) is 0 Å². The third kappa shape index (κ3) is 4.36. The summed E-state index contributed by atoms with van der Waals surface area (Å²) in [5.41, 5.74) is 4.47. The van der Waals surface area contributed by atoms with Gasteiger partial charge in [-0.05, 0) is 47.6 Å². The van der Waals surface area contributed by atoms with Crippen molar-refractivity contribution in [3.63, 3.8) is 0 Å². The van der Waals surface area contributed by atoms with Gasteiger partial charge in [0.15, 0.2) is 14.7 Å². The fourth-order valence-electron chi connectivity index (χ4n) is 3.61. The van der Waals surface area contributed by atoms with E-state index in [-0.39, 0.29) is 10.9 Å². The molecule has 0 heterocycles. The van der Waals surface area contributed by atoms with Gasteiger partial charge in [0.1, 0.15) is 0 Å². The predicted octanol–water partition coefficient (Wildman–Crippen LogP) is 8.15. The first-order valence-electron chi connectivity index (χ1n) is 10.4. The molecule has 3 aromatic carbocycles. The molecule has 3 rings (SSSR count). The van der Waals surface area contributed by atoms with Crippen LogP contribution < -0.4 is 0 Å². The Hall–Kier alpha value is -1.99. The van der Waals surface area contributed by atoms with E-state index in [0.717, 1.165) is 0 Å². The number of benzene rings is 3. The first-order chi connectivity index (χ1) is 13.4. The lowest BCUT2D eigenvalue weighted by Gasteiger charge is -2.22. The van der Waals surface area contributed by atoms with Gasteiger partial charge < -0.3 is 0 Å².